The monoisotopic (exact) mass is 541 g/mol. The van der Waals surface area contributed by atoms with Crippen LogP contribution in [0.5, 0.6) is 5.75 Å². The van der Waals surface area contributed by atoms with Crippen molar-refractivity contribution in [2.24, 2.45) is 0 Å². The van der Waals surface area contributed by atoms with Gasteiger partial charge in [-0.15, -0.1) is 5.10 Å². The highest BCUT2D eigenvalue weighted by Crippen LogP contribution is 2.35. The summed E-state index contributed by atoms with van der Waals surface area (Å²) in [5.41, 5.74) is 7.57. The van der Waals surface area contributed by atoms with Crippen LogP contribution < -0.4 is 10.1 Å². The molecule has 3 heterocycles. The van der Waals surface area contributed by atoms with Gasteiger partial charge in [0.25, 0.3) is 0 Å². The largest absolute Gasteiger partial charge is 0.489 e. The summed E-state index contributed by atoms with van der Waals surface area (Å²) in [4.78, 5) is 11.6. The predicted octanol–water partition coefficient (Wildman–Crippen LogP) is 6.28. The summed E-state index contributed by atoms with van der Waals surface area (Å²) in [5.74, 6) is 1.31. The van der Waals surface area contributed by atoms with E-state index in [1.54, 1.807) is 17.0 Å². The quantitative estimate of drug-likeness (QED) is 0.219. The Hall–Kier alpha value is -5.08. The van der Waals surface area contributed by atoms with Crippen molar-refractivity contribution in [3.8, 4) is 28.3 Å². The number of likely N-dealkylation sites (N-methyl/N-ethyl adjacent to an activating group) is 1. The Labute approximate surface area is 239 Å². The van der Waals surface area contributed by atoms with Crippen molar-refractivity contribution in [2.75, 3.05) is 26.0 Å². The molecule has 0 aliphatic carbocycles. The molecule has 0 bridgehead atoms. The lowest BCUT2D eigenvalue weighted by Crippen LogP contribution is -2.15. The molecule has 204 valence electrons. The van der Waals surface area contributed by atoms with Crippen molar-refractivity contribution in [2.45, 2.75) is 13.0 Å². The molecule has 6 aromatic rings. The van der Waals surface area contributed by atoms with E-state index < -0.39 is 0 Å². The van der Waals surface area contributed by atoms with E-state index in [0.29, 0.717) is 12.6 Å². The topological polar surface area (TPSA) is 80.5 Å². The maximum absolute atomic E-state index is 6.00. The Kier molecular flexibility index (Phi) is 7.64. The minimum atomic E-state index is 0.513. The molecule has 41 heavy (non-hydrogen) atoms. The molecular weight excluding hydrogens is 510 g/mol. The van der Waals surface area contributed by atoms with Crippen LogP contribution in [0.4, 0.5) is 11.6 Å². The normalized spacial score (nSPS) is 11.2. The van der Waals surface area contributed by atoms with Crippen molar-refractivity contribution in [3.63, 3.8) is 0 Å². The molecule has 6 rings (SSSR count). The van der Waals surface area contributed by atoms with Gasteiger partial charge in [0.2, 0.25) is 5.95 Å². The van der Waals surface area contributed by atoms with E-state index in [1.807, 2.05) is 66.7 Å². The fourth-order valence-corrected chi connectivity index (χ4v) is 4.64. The number of nitrogens with one attached hydrogen (secondary N) is 1. The van der Waals surface area contributed by atoms with Crippen LogP contribution in [0.2, 0.25) is 0 Å². The number of anilines is 2. The Morgan fingerprint density at radius 2 is 1.66 bits per heavy atom. The first-order valence-electron chi connectivity index (χ1n) is 13.6. The molecule has 0 saturated carbocycles. The third-order valence-electron chi connectivity index (χ3n) is 6.74. The van der Waals surface area contributed by atoms with Gasteiger partial charge in [0.05, 0.1) is 16.8 Å². The maximum atomic E-state index is 6.00. The van der Waals surface area contributed by atoms with Crippen molar-refractivity contribution in [3.05, 3.63) is 121 Å². The smallest absolute Gasteiger partial charge is 0.227 e. The molecule has 3 aromatic carbocycles. The number of rotatable bonds is 10. The number of hydrogen-bond acceptors (Lipinski definition) is 7. The van der Waals surface area contributed by atoms with Crippen molar-refractivity contribution in [1.82, 2.24) is 29.7 Å². The van der Waals surface area contributed by atoms with E-state index in [9.17, 15) is 0 Å². The molecule has 0 spiro atoms. The Morgan fingerprint density at radius 1 is 0.829 bits per heavy atom. The zero-order valence-corrected chi connectivity index (χ0v) is 23.1. The van der Waals surface area contributed by atoms with Gasteiger partial charge in [0.1, 0.15) is 18.1 Å². The van der Waals surface area contributed by atoms with Gasteiger partial charge in [-0.2, -0.15) is 9.73 Å². The van der Waals surface area contributed by atoms with E-state index in [1.165, 1.54) is 5.56 Å². The maximum Gasteiger partial charge on any atom is 0.227 e. The fourth-order valence-electron chi connectivity index (χ4n) is 4.64. The summed E-state index contributed by atoms with van der Waals surface area (Å²) in [6, 6.07) is 32.3. The van der Waals surface area contributed by atoms with Gasteiger partial charge < -0.3 is 15.0 Å². The van der Waals surface area contributed by atoms with Gasteiger partial charge >= 0.3 is 0 Å². The summed E-state index contributed by atoms with van der Waals surface area (Å²) >= 11 is 0. The summed E-state index contributed by atoms with van der Waals surface area (Å²) < 4.78 is 7.64. The Bertz CT molecular complexity index is 1750. The molecular formula is C33H31N7O. The minimum absolute atomic E-state index is 0.513. The lowest BCUT2D eigenvalue weighted by Gasteiger charge is -2.11. The summed E-state index contributed by atoms with van der Waals surface area (Å²) in [5, 5.41) is 12.6. The molecule has 8 heteroatoms. The van der Waals surface area contributed by atoms with Crippen LogP contribution in [0.15, 0.2) is 109 Å². The number of hydrogen-bond donors (Lipinski definition) is 1. The van der Waals surface area contributed by atoms with Crippen LogP contribution >= 0.6 is 0 Å². The fraction of sp³-hybridized carbons (Fsp3) is 0.152. The molecule has 0 amide bonds. The molecule has 0 unspecified atom stereocenters. The SMILES string of the molecule is CN(C)CCc1cccc(Nc2nccc(-c3c(-c4ccc(OCc5ccccc5)cc4)nn4ncccc34)n2)c1. The first kappa shape index (κ1) is 26.2. The molecule has 3 aromatic heterocycles. The van der Waals surface area contributed by atoms with Crippen molar-refractivity contribution < 1.29 is 4.74 Å². The van der Waals surface area contributed by atoms with Crippen LogP contribution in [0, 0.1) is 0 Å². The molecule has 0 radical (unpaired) electrons. The predicted molar refractivity (Wildman–Crippen MR) is 162 cm³/mol. The van der Waals surface area contributed by atoms with Gasteiger partial charge in [-0.05, 0) is 86.2 Å². The average molecular weight is 542 g/mol. The third-order valence-corrected chi connectivity index (χ3v) is 6.74. The van der Waals surface area contributed by atoms with Crippen LogP contribution in [0.3, 0.4) is 0 Å². The molecule has 0 atom stereocenters. The van der Waals surface area contributed by atoms with E-state index in [-0.39, 0.29) is 0 Å². The van der Waals surface area contributed by atoms with Crippen LogP contribution in [0.25, 0.3) is 28.0 Å². The van der Waals surface area contributed by atoms with Crippen LogP contribution in [-0.4, -0.2) is 50.3 Å². The number of nitrogens with zero attached hydrogens (tertiary/aromatic N) is 6. The number of ether oxygens (including phenoxy) is 1. The van der Waals surface area contributed by atoms with Gasteiger partial charge in [-0.1, -0.05) is 42.5 Å². The second-order valence-electron chi connectivity index (χ2n) is 10.1. The van der Waals surface area contributed by atoms with Gasteiger partial charge in [0, 0.05) is 30.2 Å². The third kappa shape index (κ3) is 6.23. The van der Waals surface area contributed by atoms with Crippen molar-refractivity contribution >= 4 is 17.2 Å². The van der Waals surface area contributed by atoms with E-state index >= 15 is 0 Å². The highest BCUT2D eigenvalue weighted by molar-refractivity contribution is 5.90. The van der Waals surface area contributed by atoms with E-state index in [4.69, 9.17) is 14.8 Å². The van der Waals surface area contributed by atoms with Gasteiger partial charge in [0.15, 0.2) is 0 Å². The lowest BCUT2D eigenvalue weighted by atomic mass is 10.0. The molecule has 0 fully saturated rings. The van der Waals surface area contributed by atoms with Crippen LogP contribution in [0.1, 0.15) is 11.1 Å². The summed E-state index contributed by atoms with van der Waals surface area (Å²) in [6.07, 6.45) is 4.47. The van der Waals surface area contributed by atoms with Gasteiger partial charge in [-0.25, -0.2) is 9.97 Å². The zero-order valence-electron chi connectivity index (χ0n) is 23.1. The molecule has 0 saturated heterocycles. The molecule has 8 nitrogen and oxygen atoms in total. The second-order valence-corrected chi connectivity index (χ2v) is 10.1. The lowest BCUT2D eigenvalue weighted by molar-refractivity contribution is 0.306. The Morgan fingerprint density at radius 3 is 2.49 bits per heavy atom. The van der Waals surface area contributed by atoms with Crippen molar-refractivity contribution in [1.29, 1.82) is 0 Å². The molecule has 0 aliphatic rings. The Balaban J connectivity index is 1.28. The summed E-state index contributed by atoms with van der Waals surface area (Å²) in [7, 11) is 4.17. The van der Waals surface area contributed by atoms with E-state index in [0.717, 1.165) is 58.0 Å². The first-order valence-corrected chi connectivity index (χ1v) is 13.6. The number of aromatic nitrogens is 5. The second kappa shape index (κ2) is 12.0. The highest BCUT2D eigenvalue weighted by atomic mass is 16.5. The zero-order chi connectivity index (χ0) is 28.0. The molecule has 1 N–H and O–H groups in total. The minimum Gasteiger partial charge on any atom is -0.489 e. The van der Waals surface area contributed by atoms with Gasteiger partial charge in [-0.3, -0.25) is 0 Å². The number of fused-ring (bicyclic) bond motifs is 1. The van der Waals surface area contributed by atoms with E-state index in [2.05, 4.69) is 64.7 Å². The average Bonchev–Trinajstić information content (AvgIpc) is 3.40. The number of benzene rings is 3. The highest BCUT2D eigenvalue weighted by Gasteiger charge is 2.19. The molecule has 0 aliphatic heterocycles. The first-order chi connectivity index (χ1) is 20.1. The summed E-state index contributed by atoms with van der Waals surface area (Å²) in [6.45, 7) is 1.50. The standard InChI is InChI=1S/C33H31N7O/c1-39(2)21-18-24-10-6-11-27(22-24)36-33-34-20-17-29(37-33)31-30-12-7-19-35-40(30)38-32(31)26-13-15-28(16-14-26)41-23-25-8-4-3-5-9-25/h3-17,19-20,22H,18,21,23H2,1-2H3,(H,34,36,37). The van der Waals surface area contributed by atoms with Crippen LogP contribution in [-0.2, 0) is 13.0 Å².